The molecule has 0 radical (unpaired) electrons. The summed E-state index contributed by atoms with van der Waals surface area (Å²) < 4.78 is 24.4. The summed E-state index contributed by atoms with van der Waals surface area (Å²) in [6.45, 7) is 8.30. The molecule has 2 aromatic carbocycles. The Kier molecular flexibility index (Phi) is 7.63. The van der Waals surface area contributed by atoms with Crippen LogP contribution in [0.1, 0.15) is 36.7 Å². The van der Waals surface area contributed by atoms with E-state index in [0.717, 1.165) is 18.4 Å². The molecular weight excluding hydrogens is 399 g/mol. The Morgan fingerprint density at radius 3 is 2.48 bits per heavy atom. The van der Waals surface area contributed by atoms with Crippen molar-refractivity contribution in [3.8, 4) is 11.5 Å². The quantitative estimate of drug-likeness (QED) is 0.602. The van der Waals surface area contributed by atoms with Crippen LogP contribution in [0, 0.1) is 5.82 Å². The lowest BCUT2D eigenvalue weighted by Crippen LogP contribution is -2.58. The molecule has 2 unspecified atom stereocenters. The molecule has 2 atom stereocenters. The molecule has 1 amide bonds. The number of piperazine rings is 1. The molecule has 0 bridgehead atoms. The number of amides is 1. The Morgan fingerprint density at radius 2 is 1.81 bits per heavy atom. The van der Waals surface area contributed by atoms with E-state index < -0.39 is 0 Å². The van der Waals surface area contributed by atoms with E-state index in [9.17, 15) is 14.0 Å². The van der Waals surface area contributed by atoms with Crippen LogP contribution < -0.4 is 9.47 Å². The van der Waals surface area contributed by atoms with Gasteiger partial charge in [0.1, 0.15) is 12.1 Å². The average Bonchev–Trinajstić information content (AvgIpc) is 2.76. The third-order valence-corrected chi connectivity index (χ3v) is 5.49. The standard InChI is InChI=1S/C24H29FN2O4/c1-4-30-23-11-20(15-28)7-10-22(23)31-16-24(29)27-13-17(2)26(12-18(27)3)14-19-5-8-21(25)9-6-19/h5-11,15,17-18H,4,12-14,16H2,1-3H3. The third-order valence-electron chi connectivity index (χ3n) is 5.49. The summed E-state index contributed by atoms with van der Waals surface area (Å²) in [4.78, 5) is 28.0. The molecule has 166 valence electrons. The number of aldehydes is 1. The van der Waals surface area contributed by atoms with Gasteiger partial charge < -0.3 is 14.4 Å². The van der Waals surface area contributed by atoms with Crippen molar-refractivity contribution in [3.63, 3.8) is 0 Å². The van der Waals surface area contributed by atoms with Crippen LogP contribution in [-0.4, -0.2) is 60.4 Å². The van der Waals surface area contributed by atoms with E-state index in [-0.39, 0.29) is 30.4 Å². The van der Waals surface area contributed by atoms with Crippen molar-refractivity contribution < 1.29 is 23.5 Å². The maximum absolute atomic E-state index is 13.2. The normalized spacial score (nSPS) is 19.2. The van der Waals surface area contributed by atoms with Crippen LogP contribution in [0.2, 0.25) is 0 Å². The van der Waals surface area contributed by atoms with E-state index in [1.165, 1.54) is 12.1 Å². The van der Waals surface area contributed by atoms with Gasteiger partial charge in [-0.25, -0.2) is 4.39 Å². The fraction of sp³-hybridized carbons (Fsp3) is 0.417. The number of benzene rings is 2. The van der Waals surface area contributed by atoms with Crippen LogP contribution in [-0.2, 0) is 11.3 Å². The Hall–Kier alpha value is -2.93. The summed E-state index contributed by atoms with van der Waals surface area (Å²) in [5, 5.41) is 0. The number of carbonyl (C=O) groups excluding carboxylic acids is 2. The van der Waals surface area contributed by atoms with Crippen molar-refractivity contribution in [2.75, 3.05) is 26.3 Å². The summed E-state index contributed by atoms with van der Waals surface area (Å²) in [6, 6.07) is 11.6. The van der Waals surface area contributed by atoms with Crippen molar-refractivity contribution in [3.05, 3.63) is 59.4 Å². The van der Waals surface area contributed by atoms with Crippen LogP contribution in [0.3, 0.4) is 0 Å². The summed E-state index contributed by atoms with van der Waals surface area (Å²) in [5.74, 6) is 0.554. The lowest BCUT2D eigenvalue weighted by atomic mass is 10.1. The van der Waals surface area contributed by atoms with Gasteiger partial charge in [-0.05, 0) is 56.7 Å². The minimum absolute atomic E-state index is 0.0246. The highest BCUT2D eigenvalue weighted by molar-refractivity contribution is 5.79. The highest BCUT2D eigenvalue weighted by atomic mass is 19.1. The third kappa shape index (κ3) is 5.82. The van der Waals surface area contributed by atoms with Crippen LogP contribution in [0.15, 0.2) is 42.5 Å². The first kappa shape index (κ1) is 22.7. The van der Waals surface area contributed by atoms with Gasteiger partial charge in [0.15, 0.2) is 18.1 Å². The van der Waals surface area contributed by atoms with Crippen molar-refractivity contribution in [2.45, 2.75) is 39.4 Å². The number of hydrogen-bond donors (Lipinski definition) is 0. The Balaban J connectivity index is 1.59. The molecule has 31 heavy (non-hydrogen) atoms. The number of halogens is 1. The Bertz CT molecular complexity index is 903. The second-order valence-corrected chi connectivity index (χ2v) is 7.85. The maximum atomic E-state index is 13.2. The molecule has 7 heteroatoms. The van der Waals surface area contributed by atoms with Crippen LogP contribution in [0.5, 0.6) is 11.5 Å². The molecule has 2 aromatic rings. The molecule has 6 nitrogen and oxygen atoms in total. The summed E-state index contributed by atoms with van der Waals surface area (Å²) >= 11 is 0. The topological polar surface area (TPSA) is 59.1 Å². The minimum atomic E-state index is -0.242. The molecule has 1 aliphatic rings. The SMILES string of the molecule is CCOc1cc(C=O)ccc1OCC(=O)N1CC(C)N(Cc2ccc(F)cc2)CC1C. The van der Waals surface area contributed by atoms with Crippen molar-refractivity contribution in [1.82, 2.24) is 9.80 Å². The van der Waals surface area contributed by atoms with E-state index in [1.807, 2.05) is 18.7 Å². The predicted octanol–water partition coefficient (Wildman–Crippen LogP) is 3.54. The monoisotopic (exact) mass is 428 g/mol. The molecule has 1 aliphatic heterocycles. The first-order chi connectivity index (χ1) is 14.9. The van der Waals surface area contributed by atoms with Gasteiger partial charge in [0, 0.05) is 37.3 Å². The Labute approximate surface area is 182 Å². The fourth-order valence-electron chi connectivity index (χ4n) is 3.80. The molecule has 0 N–H and O–H groups in total. The highest BCUT2D eigenvalue weighted by Gasteiger charge is 2.32. The minimum Gasteiger partial charge on any atom is -0.490 e. The van der Waals surface area contributed by atoms with Gasteiger partial charge in [-0.2, -0.15) is 0 Å². The van der Waals surface area contributed by atoms with Gasteiger partial charge in [0.2, 0.25) is 0 Å². The predicted molar refractivity (Wildman–Crippen MR) is 116 cm³/mol. The van der Waals surface area contributed by atoms with Gasteiger partial charge in [0.05, 0.1) is 6.61 Å². The number of carbonyl (C=O) groups is 2. The molecule has 0 spiro atoms. The van der Waals surface area contributed by atoms with Crippen molar-refractivity contribution >= 4 is 12.2 Å². The number of ether oxygens (including phenoxy) is 2. The number of nitrogens with zero attached hydrogens (tertiary/aromatic N) is 2. The summed E-state index contributed by atoms with van der Waals surface area (Å²) in [5.41, 5.74) is 1.53. The van der Waals surface area contributed by atoms with E-state index in [0.29, 0.717) is 36.8 Å². The summed E-state index contributed by atoms with van der Waals surface area (Å²) in [7, 11) is 0. The zero-order valence-electron chi connectivity index (χ0n) is 18.2. The van der Waals surface area contributed by atoms with E-state index in [2.05, 4.69) is 11.8 Å². The van der Waals surface area contributed by atoms with E-state index in [1.54, 1.807) is 30.3 Å². The first-order valence-corrected chi connectivity index (χ1v) is 10.5. The average molecular weight is 429 g/mol. The van der Waals surface area contributed by atoms with Crippen LogP contribution in [0.4, 0.5) is 4.39 Å². The molecule has 1 fully saturated rings. The van der Waals surface area contributed by atoms with Gasteiger partial charge in [-0.15, -0.1) is 0 Å². The lowest BCUT2D eigenvalue weighted by Gasteiger charge is -2.44. The zero-order chi connectivity index (χ0) is 22.4. The molecule has 0 saturated carbocycles. The number of hydrogen-bond acceptors (Lipinski definition) is 5. The fourth-order valence-corrected chi connectivity index (χ4v) is 3.80. The summed E-state index contributed by atoms with van der Waals surface area (Å²) in [6.07, 6.45) is 0.742. The second-order valence-electron chi connectivity index (χ2n) is 7.85. The maximum Gasteiger partial charge on any atom is 0.260 e. The van der Waals surface area contributed by atoms with Crippen LogP contribution >= 0.6 is 0 Å². The Morgan fingerprint density at radius 1 is 1.06 bits per heavy atom. The molecule has 1 saturated heterocycles. The van der Waals surface area contributed by atoms with Crippen LogP contribution in [0.25, 0.3) is 0 Å². The van der Waals surface area contributed by atoms with Gasteiger partial charge >= 0.3 is 0 Å². The molecule has 0 aromatic heterocycles. The van der Waals surface area contributed by atoms with E-state index >= 15 is 0 Å². The largest absolute Gasteiger partial charge is 0.490 e. The van der Waals surface area contributed by atoms with Gasteiger partial charge in [0.25, 0.3) is 5.91 Å². The molecule has 3 rings (SSSR count). The van der Waals surface area contributed by atoms with Gasteiger partial charge in [-0.1, -0.05) is 12.1 Å². The van der Waals surface area contributed by atoms with Crippen molar-refractivity contribution in [2.24, 2.45) is 0 Å². The van der Waals surface area contributed by atoms with E-state index in [4.69, 9.17) is 9.47 Å². The van der Waals surface area contributed by atoms with Crippen molar-refractivity contribution in [1.29, 1.82) is 0 Å². The second kappa shape index (κ2) is 10.4. The molecular formula is C24H29FN2O4. The van der Waals surface area contributed by atoms with Gasteiger partial charge in [-0.3, -0.25) is 14.5 Å². The first-order valence-electron chi connectivity index (χ1n) is 10.5. The lowest BCUT2D eigenvalue weighted by molar-refractivity contribution is -0.139. The highest BCUT2D eigenvalue weighted by Crippen LogP contribution is 2.28. The number of rotatable bonds is 8. The molecule has 0 aliphatic carbocycles. The molecule has 1 heterocycles. The zero-order valence-corrected chi connectivity index (χ0v) is 18.2. The smallest absolute Gasteiger partial charge is 0.260 e.